The maximum Gasteiger partial charge on any atom is 0.243 e. The van der Waals surface area contributed by atoms with Gasteiger partial charge in [0.2, 0.25) is 10.0 Å². The summed E-state index contributed by atoms with van der Waals surface area (Å²) in [7, 11) is -3.63. The summed E-state index contributed by atoms with van der Waals surface area (Å²) >= 11 is 8.06. The zero-order chi connectivity index (χ0) is 15.6. The number of rotatable bonds is 5. The molecule has 0 bridgehead atoms. The highest BCUT2D eigenvalue weighted by Gasteiger charge is 2.22. The Balaban J connectivity index is 2.27. The summed E-state index contributed by atoms with van der Waals surface area (Å²) in [4.78, 5) is 1.19. The molecule has 1 heterocycles. The summed E-state index contributed by atoms with van der Waals surface area (Å²) in [6.45, 7) is 2.33. The molecular formula is C13H14Br2N2O2S2. The van der Waals surface area contributed by atoms with Gasteiger partial charge in [-0.05, 0) is 67.4 Å². The van der Waals surface area contributed by atoms with Crippen molar-refractivity contribution in [2.24, 2.45) is 0 Å². The van der Waals surface area contributed by atoms with Gasteiger partial charge in [0.15, 0.2) is 0 Å². The second kappa shape index (κ2) is 6.78. The standard InChI is InChI=1S/C13H14Br2N2O2S2/c1-2-8-3-4-20-12(8)7-17-21(18,19)13-10(14)5-9(16)6-11(13)15/h3-6,17H,2,7,16H2,1H3. The van der Waals surface area contributed by atoms with Gasteiger partial charge in [-0.1, -0.05) is 6.92 Å². The van der Waals surface area contributed by atoms with E-state index in [9.17, 15) is 8.42 Å². The van der Waals surface area contributed by atoms with Crippen molar-refractivity contribution >= 4 is 58.9 Å². The Morgan fingerprint density at radius 1 is 1.29 bits per heavy atom. The molecular weight excluding hydrogens is 440 g/mol. The summed E-state index contributed by atoms with van der Waals surface area (Å²) in [6.07, 6.45) is 0.885. The number of nitrogen functional groups attached to an aromatic ring is 1. The fourth-order valence-corrected chi connectivity index (χ4v) is 6.52. The van der Waals surface area contributed by atoms with Crippen molar-refractivity contribution in [3.05, 3.63) is 43.0 Å². The van der Waals surface area contributed by atoms with E-state index in [4.69, 9.17) is 5.73 Å². The maximum atomic E-state index is 12.5. The molecule has 2 aromatic rings. The molecule has 0 unspecified atom stereocenters. The van der Waals surface area contributed by atoms with Gasteiger partial charge < -0.3 is 5.73 Å². The highest BCUT2D eigenvalue weighted by Crippen LogP contribution is 2.32. The first-order valence-corrected chi connectivity index (χ1v) is 10.1. The molecule has 0 saturated heterocycles. The maximum absolute atomic E-state index is 12.5. The van der Waals surface area contributed by atoms with E-state index in [1.807, 2.05) is 18.4 Å². The smallest absolute Gasteiger partial charge is 0.243 e. The number of benzene rings is 1. The summed E-state index contributed by atoms with van der Waals surface area (Å²) in [5, 5.41) is 1.97. The average molecular weight is 454 g/mol. The van der Waals surface area contributed by atoms with Crippen molar-refractivity contribution in [1.29, 1.82) is 0 Å². The van der Waals surface area contributed by atoms with E-state index in [0.717, 1.165) is 16.9 Å². The van der Waals surface area contributed by atoms with Crippen LogP contribution in [0.15, 0.2) is 37.4 Å². The molecule has 0 aliphatic carbocycles. The van der Waals surface area contributed by atoms with E-state index in [1.54, 1.807) is 23.5 Å². The average Bonchev–Trinajstić information content (AvgIpc) is 2.82. The van der Waals surface area contributed by atoms with Crippen LogP contribution in [0.3, 0.4) is 0 Å². The van der Waals surface area contributed by atoms with Crippen LogP contribution in [0.1, 0.15) is 17.4 Å². The molecule has 3 N–H and O–H groups in total. The molecule has 1 aromatic heterocycles. The number of hydrogen-bond donors (Lipinski definition) is 2. The molecule has 21 heavy (non-hydrogen) atoms. The molecule has 0 aliphatic heterocycles. The van der Waals surface area contributed by atoms with E-state index in [0.29, 0.717) is 14.6 Å². The third kappa shape index (κ3) is 3.87. The third-order valence-electron chi connectivity index (χ3n) is 2.93. The van der Waals surface area contributed by atoms with E-state index in [1.165, 1.54) is 0 Å². The number of sulfonamides is 1. The van der Waals surface area contributed by atoms with Crippen molar-refractivity contribution in [3.8, 4) is 0 Å². The van der Waals surface area contributed by atoms with Gasteiger partial charge in [-0.25, -0.2) is 13.1 Å². The van der Waals surface area contributed by atoms with Crippen LogP contribution in [-0.2, 0) is 23.0 Å². The lowest BCUT2D eigenvalue weighted by Crippen LogP contribution is -2.24. The number of aryl methyl sites for hydroxylation is 1. The summed E-state index contributed by atoms with van der Waals surface area (Å²) < 4.78 is 28.4. The van der Waals surface area contributed by atoms with Gasteiger partial charge in [-0.2, -0.15) is 0 Å². The molecule has 0 fully saturated rings. The van der Waals surface area contributed by atoms with Crippen LogP contribution in [0.2, 0.25) is 0 Å². The van der Waals surface area contributed by atoms with Crippen LogP contribution in [0, 0.1) is 0 Å². The fraction of sp³-hybridized carbons (Fsp3) is 0.231. The van der Waals surface area contributed by atoms with Crippen molar-refractivity contribution in [3.63, 3.8) is 0 Å². The SMILES string of the molecule is CCc1ccsc1CNS(=O)(=O)c1c(Br)cc(N)cc1Br. The number of thiophene rings is 1. The molecule has 0 amide bonds. The van der Waals surface area contributed by atoms with Crippen molar-refractivity contribution in [2.45, 2.75) is 24.8 Å². The second-order valence-corrected chi connectivity index (χ2v) is 8.77. The summed E-state index contributed by atoms with van der Waals surface area (Å²) in [6, 6.07) is 5.16. The Hall–Kier alpha value is -0.410. The molecule has 1 aromatic carbocycles. The van der Waals surface area contributed by atoms with Crippen LogP contribution in [0.4, 0.5) is 5.69 Å². The highest BCUT2D eigenvalue weighted by molar-refractivity contribution is 9.11. The first-order chi connectivity index (χ1) is 9.85. The zero-order valence-corrected chi connectivity index (χ0v) is 16.0. The molecule has 0 saturated carbocycles. The number of nitrogens with two attached hydrogens (primary N) is 1. The highest BCUT2D eigenvalue weighted by atomic mass is 79.9. The largest absolute Gasteiger partial charge is 0.399 e. The van der Waals surface area contributed by atoms with Crippen molar-refractivity contribution in [1.82, 2.24) is 4.72 Å². The van der Waals surface area contributed by atoms with Gasteiger partial charge in [0.05, 0.1) is 0 Å². The molecule has 114 valence electrons. The Morgan fingerprint density at radius 2 is 1.90 bits per heavy atom. The fourth-order valence-electron chi connectivity index (χ4n) is 1.91. The number of nitrogens with one attached hydrogen (secondary N) is 1. The summed E-state index contributed by atoms with van der Waals surface area (Å²) in [5.41, 5.74) is 7.34. The molecule has 2 rings (SSSR count). The van der Waals surface area contributed by atoms with Crippen LogP contribution in [0.5, 0.6) is 0 Å². The van der Waals surface area contributed by atoms with E-state index < -0.39 is 10.0 Å². The number of hydrogen-bond acceptors (Lipinski definition) is 4. The molecule has 4 nitrogen and oxygen atoms in total. The Kier molecular flexibility index (Phi) is 5.48. The predicted octanol–water partition coefficient (Wildman–Crippen LogP) is 3.90. The van der Waals surface area contributed by atoms with Gasteiger partial charge in [-0.3, -0.25) is 0 Å². The zero-order valence-electron chi connectivity index (χ0n) is 11.2. The van der Waals surface area contributed by atoms with Crippen LogP contribution < -0.4 is 10.5 Å². The van der Waals surface area contributed by atoms with Crippen LogP contribution >= 0.6 is 43.2 Å². The minimum Gasteiger partial charge on any atom is -0.399 e. The van der Waals surface area contributed by atoms with E-state index >= 15 is 0 Å². The quantitative estimate of drug-likeness (QED) is 0.674. The van der Waals surface area contributed by atoms with Crippen LogP contribution in [0.25, 0.3) is 0 Å². The summed E-state index contributed by atoms with van der Waals surface area (Å²) in [5.74, 6) is 0. The van der Waals surface area contributed by atoms with Gasteiger partial charge >= 0.3 is 0 Å². The van der Waals surface area contributed by atoms with Crippen LogP contribution in [-0.4, -0.2) is 8.42 Å². The molecule has 0 radical (unpaired) electrons. The van der Waals surface area contributed by atoms with Crippen molar-refractivity contribution < 1.29 is 8.42 Å². The predicted molar refractivity (Wildman–Crippen MR) is 94.0 cm³/mol. The third-order valence-corrected chi connectivity index (χ3v) is 7.17. The number of anilines is 1. The minimum absolute atomic E-state index is 0.159. The Morgan fingerprint density at radius 3 is 2.48 bits per heavy atom. The first kappa shape index (κ1) is 17.0. The van der Waals surface area contributed by atoms with Gasteiger partial charge in [0.25, 0.3) is 0 Å². The Labute approximate surface area is 145 Å². The lowest BCUT2D eigenvalue weighted by Gasteiger charge is -2.11. The topological polar surface area (TPSA) is 72.2 Å². The second-order valence-electron chi connectivity index (χ2n) is 4.36. The number of halogens is 2. The van der Waals surface area contributed by atoms with Crippen molar-refractivity contribution in [2.75, 3.05) is 5.73 Å². The lowest BCUT2D eigenvalue weighted by atomic mass is 10.2. The first-order valence-electron chi connectivity index (χ1n) is 6.14. The van der Waals surface area contributed by atoms with E-state index in [-0.39, 0.29) is 11.4 Å². The molecule has 8 heteroatoms. The monoisotopic (exact) mass is 452 g/mol. The molecule has 0 atom stereocenters. The van der Waals surface area contributed by atoms with Gasteiger partial charge in [-0.15, -0.1) is 11.3 Å². The minimum atomic E-state index is -3.63. The van der Waals surface area contributed by atoms with E-state index in [2.05, 4.69) is 36.6 Å². The van der Waals surface area contributed by atoms with Gasteiger partial charge in [0, 0.05) is 26.1 Å². The normalized spacial score (nSPS) is 11.8. The van der Waals surface area contributed by atoms with Gasteiger partial charge in [0.1, 0.15) is 4.90 Å². The molecule has 0 spiro atoms. The molecule has 0 aliphatic rings. The lowest BCUT2D eigenvalue weighted by molar-refractivity contribution is 0.580. The Bertz CT molecular complexity index is 734.